The Hall–Kier alpha value is -1.15. The van der Waals surface area contributed by atoms with Crippen LogP contribution in [0.25, 0.3) is 0 Å². The number of halogens is 2. The van der Waals surface area contributed by atoms with E-state index in [0.29, 0.717) is 0 Å². The molecule has 12 heavy (non-hydrogen) atoms. The zero-order chi connectivity index (χ0) is 9.78. The molecule has 0 aromatic carbocycles. The molecule has 5 heteroatoms. The third-order valence-corrected chi connectivity index (χ3v) is 1.19. The summed E-state index contributed by atoms with van der Waals surface area (Å²) in [6.07, 6.45) is 4.87. The average molecular weight is 177 g/mol. The van der Waals surface area contributed by atoms with Gasteiger partial charge in [-0.1, -0.05) is 5.92 Å². The van der Waals surface area contributed by atoms with Crippen molar-refractivity contribution in [3.63, 3.8) is 0 Å². The number of alkyl halides is 2. The molecule has 0 spiro atoms. The van der Waals surface area contributed by atoms with Crippen molar-refractivity contribution in [1.82, 2.24) is 5.32 Å². The zero-order valence-electron chi connectivity index (χ0n) is 6.47. The number of carboxylic acid groups (broad SMARTS) is 1. The Morgan fingerprint density at radius 1 is 1.83 bits per heavy atom. The Balaban J connectivity index is 3.94. The van der Waals surface area contributed by atoms with Crippen LogP contribution in [0.3, 0.4) is 0 Å². The van der Waals surface area contributed by atoms with Crippen molar-refractivity contribution in [3.8, 4) is 12.3 Å². The first-order chi connectivity index (χ1) is 5.40. The van der Waals surface area contributed by atoms with Crippen LogP contribution in [0.15, 0.2) is 0 Å². The van der Waals surface area contributed by atoms with E-state index in [1.165, 1.54) is 6.92 Å². The molecule has 0 heterocycles. The lowest BCUT2D eigenvalue weighted by atomic mass is 10.3. The van der Waals surface area contributed by atoms with Crippen LogP contribution in [0.1, 0.15) is 6.92 Å². The van der Waals surface area contributed by atoms with Crippen molar-refractivity contribution < 1.29 is 18.7 Å². The van der Waals surface area contributed by atoms with Gasteiger partial charge in [-0.15, -0.1) is 6.42 Å². The molecule has 0 bridgehead atoms. The van der Waals surface area contributed by atoms with Crippen molar-refractivity contribution in [2.24, 2.45) is 0 Å². The van der Waals surface area contributed by atoms with Crippen LogP contribution in [0, 0.1) is 12.3 Å². The van der Waals surface area contributed by atoms with Crippen LogP contribution < -0.4 is 5.32 Å². The minimum absolute atomic E-state index is 0.560. The number of rotatable bonds is 4. The number of aliphatic carboxylic acids is 1. The molecular formula is C7H9F2NO2. The number of carbonyl (C=O) groups is 1. The molecule has 0 aromatic heterocycles. The van der Waals surface area contributed by atoms with Crippen molar-refractivity contribution in [2.45, 2.75) is 18.9 Å². The van der Waals surface area contributed by atoms with Crippen molar-refractivity contribution in [2.75, 3.05) is 6.54 Å². The topological polar surface area (TPSA) is 49.3 Å². The first kappa shape index (κ1) is 10.8. The zero-order valence-corrected chi connectivity index (χ0v) is 6.47. The van der Waals surface area contributed by atoms with E-state index in [1.807, 2.05) is 0 Å². The molecule has 68 valence electrons. The lowest BCUT2D eigenvalue weighted by Gasteiger charge is -2.13. The van der Waals surface area contributed by atoms with Crippen LogP contribution in [0.2, 0.25) is 0 Å². The highest BCUT2D eigenvalue weighted by molar-refractivity contribution is 5.75. The van der Waals surface area contributed by atoms with Gasteiger partial charge in [0.05, 0.1) is 12.6 Å². The van der Waals surface area contributed by atoms with Gasteiger partial charge in [-0.25, -0.2) is 4.79 Å². The van der Waals surface area contributed by atoms with Gasteiger partial charge in [-0.3, -0.25) is 5.32 Å². The van der Waals surface area contributed by atoms with Gasteiger partial charge in [0.1, 0.15) is 0 Å². The molecule has 1 atom stereocenters. The first-order valence-electron chi connectivity index (χ1n) is 3.21. The maximum Gasteiger partial charge on any atom is 0.375 e. The molecule has 0 fully saturated rings. The normalized spacial score (nSPS) is 13.5. The standard InChI is InChI=1S/C7H9F2NO2/c1-3-5(2)10-4-7(8,9)6(11)12/h1,5,10H,4H2,2H3,(H,11,12). The molecule has 0 aliphatic carbocycles. The summed E-state index contributed by atoms with van der Waals surface area (Å²) in [7, 11) is 0. The van der Waals surface area contributed by atoms with Gasteiger partial charge in [0.25, 0.3) is 0 Å². The molecular weight excluding hydrogens is 168 g/mol. The van der Waals surface area contributed by atoms with Crippen molar-refractivity contribution >= 4 is 5.97 Å². The number of terminal acetylenes is 1. The average Bonchev–Trinajstić information content (AvgIpc) is 2.00. The monoisotopic (exact) mass is 177 g/mol. The van der Waals surface area contributed by atoms with Crippen LogP contribution >= 0.6 is 0 Å². The van der Waals surface area contributed by atoms with Crippen LogP contribution in [-0.4, -0.2) is 29.6 Å². The lowest BCUT2D eigenvalue weighted by molar-refractivity contribution is -0.164. The van der Waals surface area contributed by atoms with Crippen molar-refractivity contribution in [1.29, 1.82) is 0 Å². The highest BCUT2D eigenvalue weighted by Crippen LogP contribution is 2.11. The maximum absolute atomic E-state index is 12.3. The fraction of sp³-hybridized carbons (Fsp3) is 0.571. The van der Waals surface area contributed by atoms with E-state index in [-0.39, 0.29) is 0 Å². The second kappa shape index (κ2) is 4.02. The molecule has 0 aliphatic rings. The van der Waals surface area contributed by atoms with Crippen molar-refractivity contribution in [3.05, 3.63) is 0 Å². The number of hydrogen-bond donors (Lipinski definition) is 2. The molecule has 0 saturated carbocycles. The van der Waals surface area contributed by atoms with Gasteiger partial charge < -0.3 is 5.11 Å². The predicted octanol–water partition coefficient (Wildman–Crippen LogP) is 0.318. The molecule has 0 aromatic rings. The van der Waals surface area contributed by atoms with Gasteiger partial charge in [-0.2, -0.15) is 8.78 Å². The smallest absolute Gasteiger partial charge is 0.375 e. The maximum atomic E-state index is 12.3. The van der Waals surface area contributed by atoms with E-state index >= 15 is 0 Å². The van der Waals surface area contributed by atoms with E-state index in [1.54, 1.807) is 0 Å². The summed E-state index contributed by atoms with van der Waals surface area (Å²) < 4.78 is 24.6. The molecule has 3 nitrogen and oxygen atoms in total. The highest BCUT2D eigenvalue weighted by Gasteiger charge is 2.38. The van der Waals surface area contributed by atoms with Gasteiger partial charge in [0.2, 0.25) is 0 Å². The van der Waals surface area contributed by atoms with Gasteiger partial charge in [-0.05, 0) is 6.92 Å². The summed E-state index contributed by atoms with van der Waals surface area (Å²) in [4.78, 5) is 9.88. The molecule has 0 amide bonds. The molecule has 0 rings (SSSR count). The lowest BCUT2D eigenvalue weighted by Crippen LogP contribution is -2.42. The quantitative estimate of drug-likeness (QED) is 0.608. The van der Waals surface area contributed by atoms with Gasteiger partial charge in [0, 0.05) is 0 Å². The highest BCUT2D eigenvalue weighted by atomic mass is 19.3. The minimum atomic E-state index is -3.76. The number of hydrogen-bond acceptors (Lipinski definition) is 2. The Kier molecular flexibility index (Phi) is 3.64. The summed E-state index contributed by atoms with van der Waals surface area (Å²) >= 11 is 0. The fourth-order valence-corrected chi connectivity index (χ4v) is 0.416. The Labute approximate surface area is 68.8 Å². The van der Waals surface area contributed by atoms with Gasteiger partial charge in [0.15, 0.2) is 0 Å². The van der Waals surface area contributed by atoms with Crippen LogP contribution in [0.5, 0.6) is 0 Å². The largest absolute Gasteiger partial charge is 0.477 e. The number of carboxylic acids is 1. The van der Waals surface area contributed by atoms with E-state index in [2.05, 4.69) is 11.2 Å². The SMILES string of the molecule is C#CC(C)NCC(F)(F)C(=O)O. The summed E-state index contributed by atoms with van der Waals surface area (Å²) in [5.41, 5.74) is 0. The van der Waals surface area contributed by atoms with E-state index in [4.69, 9.17) is 11.5 Å². The summed E-state index contributed by atoms with van der Waals surface area (Å²) in [5, 5.41) is 10.2. The first-order valence-corrected chi connectivity index (χ1v) is 3.21. The number of nitrogens with one attached hydrogen (secondary N) is 1. The molecule has 2 N–H and O–H groups in total. The summed E-state index contributed by atoms with van der Waals surface area (Å²) in [6.45, 7) is 0.533. The van der Waals surface area contributed by atoms with Crippen LogP contribution in [-0.2, 0) is 4.79 Å². The minimum Gasteiger partial charge on any atom is -0.477 e. The van der Waals surface area contributed by atoms with Gasteiger partial charge >= 0.3 is 11.9 Å². The predicted molar refractivity (Wildman–Crippen MR) is 38.9 cm³/mol. The second-order valence-corrected chi connectivity index (χ2v) is 2.28. The summed E-state index contributed by atoms with van der Waals surface area (Å²) in [5.74, 6) is -3.77. The third kappa shape index (κ3) is 3.30. The Morgan fingerprint density at radius 3 is 2.67 bits per heavy atom. The molecule has 0 saturated heterocycles. The fourth-order valence-electron chi connectivity index (χ4n) is 0.416. The van der Waals surface area contributed by atoms with E-state index in [0.717, 1.165) is 0 Å². The molecule has 1 unspecified atom stereocenters. The Morgan fingerprint density at radius 2 is 2.33 bits per heavy atom. The second-order valence-electron chi connectivity index (χ2n) is 2.28. The van der Waals surface area contributed by atoms with E-state index in [9.17, 15) is 13.6 Å². The summed E-state index contributed by atoms with van der Waals surface area (Å²) in [6, 6.07) is -0.560. The molecule has 0 radical (unpaired) electrons. The van der Waals surface area contributed by atoms with Crippen LogP contribution in [0.4, 0.5) is 8.78 Å². The third-order valence-electron chi connectivity index (χ3n) is 1.19. The molecule has 0 aliphatic heterocycles. The van der Waals surface area contributed by atoms with E-state index < -0.39 is 24.5 Å². The Bertz CT molecular complexity index is 210.